The Bertz CT molecular complexity index is 947. The summed E-state index contributed by atoms with van der Waals surface area (Å²) >= 11 is 1.42. The molecule has 0 unspecified atom stereocenters. The lowest BCUT2D eigenvalue weighted by Crippen LogP contribution is -2.33. The van der Waals surface area contributed by atoms with Crippen LogP contribution in [0.25, 0.3) is 16.6 Å². The zero-order chi connectivity index (χ0) is 18.0. The molecule has 25 heavy (non-hydrogen) atoms. The van der Waals surface area contributed by atoms with Crippen LogP contribution in [0, 0.1) is 6.92 Å². The number of hydrogen-bond acceptors (Lipinski definition) is 4. The molecule has 0 saturated carbocycles. The number of amides is 1. The molecule has 3 aromatic rings. The van der Waals surface area contributed by atoms with Gasteiger partial charge in [0.2, 0.25) is 5.91 Å². The first-order valence-corrected chi connectivity index (χ1v) is 9.28. The molecule has 6 heteroatoms. The Morgan fingerprint density at radius 3 is 2.80 bits per heavy atom. The topological polar surface area (TPSA) is 50.5 Å². The third-order valence-electron chi connectivity index (χ3n) is 4.09. The quantitative estimate of drug-likeness (QED) is 0.500. The minimum Gasteiger partial charge on any atom is -0.338 e. The summed E-state index contributed by atoms with van der Waals surface area (Å²) in [6.45, 7) is 11.2. The lowest BCUT2D eigenvalue weighted by atomic mass is 10.1. The van der Waals surface area contributed by atoms with Gasteiger partial charge >= 0.3 is 0 Å². The fourth-order valence-corrected chi connectivity index (χ4v) is 3.74. The summed E-state index contributed by atoms with van der Waals surface area (Å²) in [4.78, 5) is 14.3. The van der Waals surface area contributed by atoms with Gasteiger partial charge < -0.3 is 4.90 Å². The van der Waals surface area contributed by atoms with Gasteiger partial charge in [0.1, 0.15) is 0 Å². The molecule has 2 aromatic heterocycles. The predicted molar refractivity (Wildman–Crippen MR) is 103 cm³/mol. The van der Waals surface area contributed by atoms with Gasteiger partial charge in [0, 0.05) is 18.5 Å². The summed E-state index contributed by atoms with van der Waals surface area (Å²) in [5.41, 5.74) is 4.02. The van der Waals surface area contributed by atoms with E-state index in [0.29, 0.717) is 18.8 Å². The highest BCUT2D eigenvalue weighted by atomic mass is 32.2. The number of nitrogens with zero attached hydrogens (tertiary/aromatic N) is 4. The van der Waals surface area contributed by atoms with Gasteiger partial charge in [-0.3, -0.25) is 9.20 Å². The van der Waals surface area contributed by atoms with Crippen molar-refractivity contribution < 1.29 is 4.79 Å². The lowest BCUT2D eigenvalue weighted by Gasteiger charge is -2.20. The first-order chi connectivity index (χ1) is 12.0. The van der Waals surface area contributed by atoms with E-state index < -0.39 is 0 Å². The van der Waals surface area contributed by atoms with Crippen molar-refractivity contribution in [2.24, 2.45) is 0 Å². The Kier molecular flexibility index (Phi) is 5.08. The minimum atomic E-state index is 0.0867. The molecule has 0 aliphatic rings. The number of benzene rings is 1. The molecular formula is C19H22N4OS. The summed E-state index contributed by atoms with van der Waals surface area (Å²) in [7, 11) is 0. The van der Waals surface area contributed by atoms with Gasteiger partial charge in [-0.05, 0) is 38.5 Å². The number of aromatic nitrogens is 3. The number of hydrogen-bond donors (Lipinski definition) is 0. The van der Waals surface area contributed by atoms with Gasteiger partial charge in [-0.1, -0.05) is 42.1 Å². The van der Waals surface area contributed by atoms with E-state index in [1.807, 2.05) is 36.4 Å². The number of para-hydroxylation sites is 1. The molecule has 0 aliphatic heterocycles. The van der Waals surface area contributed by atoms with Crippen LogP contribution in [0.5, 0.6) is 0 Å². The van der Waals surface area contributed by atoms with Crippen LogP contribution in [0.4, 0.5) is 0 Å². The number of pyridine rings is 1. The largest absolute Gasteiger partial charge is 0.338 e. The second kappa shape index (κ2) is 7.27. The standard InChI is InChI=1S/C19H22N4OS/c1-5-22(11-13(2)3)18(24)12-25-19-21-20-17-10-14(4)15-8-6-7-9-16(15)23(17)19/h6-10H,2,5,11-12H2,1,3-4H3. The van der Waals surface area contributed by atoms with Crippen molar-refractivity contribution in [3.05, 3.63) is 48.0 Å². The van der Waals surface area contributed by atoms with Crippen LogP contribution in [0.15, 0.2) is 47.6 Å². The molecule has 0 N–H and O–H groups in total. The van der Waals surface area contributed by atoms with Gasteiger partial charge in [0.25, 0.3) is 0 Å². The van der Waals surface area contributed by atoms with E-state index in [0.717, 1.165) is 21.9 Å². The van der Waals surface area contributed by atoms with E-state index in [2.05, 4.69) is 35.8 Å². The van der Waals surface area contributed by atoms with Crippen molar-refractivity contribution in [1.29, 1.82) is 0 Å². The maximum atomic E-state index is 12.5. The van der Waals surface area contributed by atoms with Gasteiger partial charge in [-0.15, -0.1) is 10.2 Å². The van der Waals surface area contributed by atoms with Crippen molar-refractivity contribution in [3.63, 3.8) is 0 Å². The van der Waals surface area contributed by atoms with E-state index in [1.54, 1.807) is 4.90 Å². The molecule has 0 saturated heterocycles. The molecule has 130 valence electrons. The third kappa shape index (κ3) is 3.54. The van der Waals surface area contributed by atoms with Crippen LogP contribution < -0.4 is 0 Å². The van der Waals surface area contributed by atoms with Gasteiger partial charge in [0.05, 0.1) is 11.3 Å². The first-order valence-electron chi connectivity index (χ1n) is 8.29. The third-order valence-corrected chi connectivity index (χ3v) is 5.01. The highest BCUT2D eigenvalue weighted by molar-refractivity contribution is 7.99. The Balaban J connectivity index is 1.89. The van der Waals surface area contributed by atoms with E-state index in [1.165, 1.54) is 22.7 Å². The first kappa shape index (κ1) is 17.5. The SMILES string of the molecule is C=C(C)CN(CC)C(=O)CSc1nnc2cc(C)c3ccccc3n12. The van der Waals surface area contributed by atoms with Crippen molar-refractivity contribution in [2.75, 3.05) is 18.8 Å². The maximum absolute atomic E-state index is 12.5. The number of aryl methyl sites for hydroxylation is 1. The molecule has 1 aromatic carbocycles. The van der Waals surface area contributed by atoms with Gasteiger partial charge in [-0.25, -0.2) is 0 Å². The summed E-state index contributed by atoms with van der Waals surface area (Å²) < 4.78 is 2.02. The smallest absolute Gasteiger partial charge is 0.233 e. The fourth-order valence-electron chi connectivity index (χ4n) is 2.89. The Labute approximate surface area is 151 Å². The monoisotopic (exact) mass is 354 g/mol. The summed E-state index contributed by atoms with van der Waals surface area (Å²) in [5, 5.41) is 10.5. The van der Waals surface area contributed by atoms with Crippen molar-refractivity contribution in [2.45, 2.75) is 25.9 Å². The lowest BCUT2D eigenvalue weighted by molar-refractivity contribution is -0.127. The van der Waals surface area contributed by atoms with E-state index in [9.17, 15) is 4.79 Å². The summed E-state index contributed by atoms with van der Waals surface area (Å²) in [5.74, 6) is 0.424. The van der Waals surface area contributed by atoms with Crippen LogP contribution >= 0.6 is 11.8 Å². The number of thioether (sulfide) groups is 1. The second-order valence-electron chi connectivity index (χ2n) is 6.17. The zero-order valence-electron chi connectivity index (χ0n) is 14.8. The van der Waals surface area contributed by atoms with Gasteiger partial charge in [-0.2, -0.15) is 0 Å². The highest BCUT2D eigenvalue weighted by Gasteiger charge is 2.16. The molecule has 2 heterocycles. The van der Waals surface area contributed by atoms with Crippen molar-refractivity contribution in [3.8, 4) is 0 Å². The Morgan fingerprint density at radius 2 is 2.08 bits per heavy atom. The van der Waals surface area contributed by atoms with Crippen LogP contribution in [-0.4, -0.2) is 44.2 Å². The Hall–Kier alpha value is -2.34. The molecular weight excluding hydrogens is 332 g/mol. The molecule has 0 radical (unpaired) electrons. The molecule has 0 bridgehead atoms. The molecule has 5 nitrogen and oxygen atoms in total. The van der Waals surface area contributed by atoms with E-state index in [4.69, 9.17) is 0 Å². The van der Waals surface area contributed by atoms with Crippen molar-refractivity contribution >= 4 is 34.2 Å². The number of fused-ring (bicyclic) bond motifs is 3. The normalized spacial score (nSPS) is 11.2. The molecule has 0 fully saturated rings. The summed E-state index contributed by atoms with van der Waals surface area (Å²) in [6.07, 6.45) is 0. The number of likely N-dealkylation sites (N-methyl/N-ethyl adjacent to an activating group) is 1. The fraction of sp³-hybridized carbons (Fsp3) is 0.316. The van der Waals surface area contributed by atoms with Crippen LogP contribution in [-0.2, 0) is 4.79 Å². The highest BCUT2D eigenvalue weighted by Crippen LogP contribution is 2.25. The van der Waals surface area contributed by atoms with Crippen LogP contribution in [0.2, 0.25) is 0 Å². The number of rotatable bonds is 6. The van der Waals surface area contributed by atoms with E-state index >= 15 is 0 Å². The van der Waals surface area contributed by atoms with Crippen LogP contribution in [0.3, 0.4) is 0 Å². The van der Waals surface area contributed by atoms with E-state index in [-0.39, 0.29) is 5.91 Å². The molecule has 0 spiro atoms. The molecule has 1 amide bonds. The average molecular weight is 354 g/mol. The number of carbonyl (C=O) groups is 1. The molecule has 0 atom stereocenters. The zero-order valence-corrected chi connectivity index (χ0v) is 15.6. The number of carbonyl (C=O) groups excluding carboxylic acids is 1. The molecule has 0 aliphatic carbocycles. The summed E-state index contributed by atoms with van der Waals surface area (Å²) in [6, 6.07) is 10.2. The second-order valence-corrected chi connectivity index (χ2v) is 7.12. The average Bonchev–Trinajstić information content (AvgIpc) is 3.00. The minimum absolute atomic E-state index is 0.0867. The Morgan fingerprint density at radius 1 is 1.32 bits per heavy atom. The van der Waals surface area contributed by atoms with Gasteiger partial charge in [0.15, 0.2) is 10.8 Å². The van der Waals surface area contributed by atoms with Crippen LogP contribution in [0.1, 0.15) is 19.4 Å². The maximum Gasteiger partial charge on any atom is 0.233 e. The molecule has 3 rings (SSSR count). The predicted octanol–water partition coefficient (Wildman–Crippen LogP) is 3.71. The van der Waals surface area contributed by atoms with Crippen molar-refractivity contribution in [1.82, 2.24) is 19.5 Å².